The molecule has 13 heavy (non-hydrogen) atoms. The van der Waals surface area contributed by atoms with Gasteiger partial charge in [0.15, 0.2) is 0 Å². The molecule has 1 atom stereocenters. The normalized spacial score (nSPS) is 12.1. The van der Waals surface area contributed by atoms with Gasteiger partial charge in [-0.25, -0.2) is 0 Å². The monoisotopic (exact) mass is 237 g/mol. The van der Waals surface area contributed by atoms with Crippen LogP contribution in [-0.4, -0.2) is 0 Å². The Morgan fingerprint density at radius 3 is 2.31 bits per heavy atom. The molecule has 0 aliphatic carbocycles. The molecule has 0 aliphatic rings. The van der Waals surface area contributed by atoms with E-state index < -0.39 is 0 Å². The smallest absolute Gasteiger partial charge is 0.0656 e. The van der Waals surface area contributed by atoms with Crippen LogP contribution in [-0.2, 0) is 11.8 Å². The van der Waals surface area contributed by atoms with Gasteiger partial charge in [-0.15, -0.1) is 0 Å². The second kappa shape index (κ2) is 5.04. The van der Waals surface area contributed by atoms with Crippen LogP contribution in [0.15, 0.2) is 24.3 Å². The van der Waals surface area contributed by atoms with Crippen LogP contribution in [0.3, 0.4) is 0 Å². The molecule has 1 aromatic carbocycles. The molecule has 68 valence electrons. The number of halogens is 1. The lowest BCUT2D eigenvalue weighted by atomic mass is 10.0. The first-order chi connectivity index (χ1) is 6.26. The maximum absolute atomic E-state index is 8.64. The van der Waals surface area contributed by atoms with Crippen molar-refractivity contribution in [1.29, 1.82) is 5.26 Å². The van der Waals surface area contributed by atoms with Crippen LogP contribution in [0, 0.1) is 17.2 Å². The van der Waals surface area contributed by atoms with Gasteiger partial charge in [0.05, 0.1) is 6.07 Å². The van der Waals surface area contributed by atoms with Crippen molar-refractivity contribution >= 4 is 15.9 Å². The summed E-state index contributed by atoms with van der Waals surface area (Å²) < 4.78 is 0. The van der Waals surface area contributed by atoms with E-state index in [0.717, 1.165) is 11.8 Å². The summed E-state index contributed by atoms with van der Waals surface area (Å²) in [5, 5.41) is 9.53. The van der Waals surface area contributed by atoms with Gasteiger partial charge in [0.1, 0.15) is 0 Å². The Hall–Kier alpha value is -0.810. The Morgan fingerprint density at radius 2 is 1.85 bits per heavy atom. The molecule has 1 aromatic rings. The Kier molecular flexibility index (Phi) is 3.98. The molecule has 0 aliphatic heterocycles. The van der Waals surface area contributed by atoms with Gasteiger partial charge < -0.3 is 0 Å². The average Bonchev–Trinajstić information content (AvgIpc) is 2.19. The number of hydrogen-bond acceptors (Lipinski definition) is 1. The third kappa shape index (κ3) is 3.20. The van der Waals surface area contributed by atoms with E-state index in [9.17, 15) is 0 Å². The fraction of sp³-hybridized carbons (Fsp3) is 0.364. The molecule has 0 aromatic heterocycles. The fourth-order valence-corrected chi connectivity index (χ4v) is 1.54. The van der Waals surface area contributed by atoms with E-state index in [2.05, 4.69) is 46.3 Å². The Balaban J connectivity index is 2.65. The van der Waals surface area contributed by atoms with Gasteiger partial charge in [0.25, 0.3) is 0 Å². The first kappa shape index (κ1) is 10.3. The highest BCUT2D eigenvalue weighted by molar-refractivity contribution is 9.08. The summed E-state index contributed by atoms with van der Waals surface area (Å²) in [5.74, 6) is 0.106. The lowest BCUT2D eigenvalue weighted by Gasteiger charge is -2.03. The highest BCUT2D eigenvalue weighted by Crippen LogP contribution is 2.11. The number of alkyl halides is 1. The molecule has 0 amide bonds. The van der Waals surface area contributed by atoms with E-state index in [1.807, 2.05) is 6.92 Å². The Bertz CT molecular complexity index is 297. The molecular weight excluding hydrogens is 226 g/mol. The van der Waals surface area contributed by atoms with Crippen LogP contribution in [0.4, 0.5) is 0 Å². The predicted octanol–water partition coefficient (Wildman–Crippen LogP) is 3.28. The first-order valence-corrected chi connectivity index (χ1v) is 5.42. The van der Waals surface area contributed by atoms with Gasteiger partial charge in [0, 0.05) is 11.2 Å². The van der Waals surface area contributed by atoms with Gasteiger partial charge in [-0.3, -0.25) is 0 Å². The zero-order valence-electron chi connectivity index (χ0n) is 7.63. The van der Waals surface area contributed by atoms with E-state index in [4.69, 9.17) is 5.26 Å². The lowest BCUT2D eigenvalue weighted by molar-refractivity contribution is 0.739. The van der Waals surface area contributed by atoms with Crippen LogP contribution in [0.2, 0.25) is 0 Å². The van der Waals surface area contributed by atoms with Gasteiger partial charge in [-0.05, 0) is 24.5 Å². The standard InChI is InChI=1S/C11H12BrN/c1-9(8-13)6-10-2-4-11(7-12)5-3-10/h2-5,9H,6-7H2,1H3. The SMILES string of the molecule is CC(C#N)Cc1ccc(CBr)cc1. The molecule has 2 heteroatoms. The molecule has 0 radical (unpaired) electrons. The molecule has 1 unspecified atom stereocenters. The largest absolute Gasteiger partial charge is 0.198 e. The van der Waals surface area contributed by atoms with Crippen molar-refractivity contribution in [1.82, 2.24) is 0 Å². The highest BCUT2D eigenvalue weighted by atomic mass is 79.9. The summed E-state index contributed by atoms with van der Waals surface area (Å²) >= 11 is 3.39. The predicted molar refractivity (Wildman–Crippen MR) is 57.6 cm³/mol. The van der Waals surface area contributed by atoms with Crippen LogP contribution >= 0.6 is 15.9 Å². The first-order valence-electron chi connectivity index (χ1n) is 4.29. The average molecular weight is 238 g/mol. The fourth-order valence-electron chi connectivity index (χ4n) is 1.16. The number of rotatable bonds is 3. The molecule has 1 nitrogen and oxygen atoms in total. The van der Waals surface area contributed by atoms with Crippen molar-refractivity contribution in [2.75, 3.05) is 0 Å². The summed E-state index contributed by atoms with van der Waals surface area (Å²) in [6.45, 7) is 1.94. The van der Waals surface area contributed by atoms with Gasteiger partial charge in [-0.2, -0.15) is 5.26 Å². The summed E-state index contributed by atoms with van der Waals surface area (Å²) in [6, 6.07) is 10.6. The molecule has 1 rings (SSSR count). The van der Waals surface area contributed by atoms with Gasteiger partial charge >= 0.3 is 0 Å². The number of nitrogens with zero attached hydrogens (tertiary/aromatic N) is 1. The van der Waals surface area contributed by atoms with E-state index in [0.29, 0.717) is 0 Å². The van der Waals surface area contributed by atoms with Crippen molar-refractivity contribution in [3.05, 3.63) is 35.4 Å². The molecule has 0 N–H and O–H groups in total. The zero-order valence-corrected chi connectivity index (χ0v) is 9.21. The van der Waals surface area contributed by atoms with E-state index in [1.165, 1.54) is 11.1 Å². The number of benzene rings is 1. The minimum atomic E-state index is 0.106. The maximum atomic E-state index is 8.64. The topological polar surface area (TPSA) is 23.8 Å². The van der Waals surface area contributed by atoms with Crippen LogP contribution in [0.25, 0.3) is 0 Å². The molecule has 0 fully saturated rings. The van der Waals surface area contributed by atoms with E-state index in [-0.39, 0.29) is 5.92 Å². The van der Waals surface area contributed by atoms with Crippen LogP contribution < -0.4 is 0 Å². The molecule has 0 spiro atoms. The third-order valence-corrected chi connectivity index (χ3v) is 2.59. The highest BCUT2D eigenvalue weighted by Gasteiger charge is 2.00. The summed E-state index contributed by atoms with van der Waals surface area (Å²) in [4.78, 5) is 0. The van der Waals surface area contributed by atoms with Crippen molar-refractivity contribution in [2.45, 2.75) is 18.7 Å². The number of hydrogen-bond donors (Lipinski definition) is 0. The molecular formula is C11H12BrN. The molecule has 0 saturated heterocycles. The quantitative estimate of drug-likeness (QED) is 0.741. The van der Waals surface area contributed by atoms with Gasteiger partial charge in [0.2, 0.25) is 0 Å². The lowest BCUT2D eigenvalue weighted by Crippen LogP contribution is -1.95. The minimum absolute atomic E-state index is 0.106. The summed E-state index contributed by atoms with van der Waals surface area (Å²) in [5.41, 5.74) is 2.51. The molecule has 0 saturated carbocycles. The van der Waals surface area contributed by atoms with Crippen LogP contribution in [0.1, 0.15) is 18.1 Å². The number of nitriles is 1. The summed E-state index contributed by atoms with van der Waals surface area (Å²) in [7, 11) is 0. The van der Waals surface area contributed by atoms with Crippen LogP contribution in [0.5, 0.6) is 0 Å². The van der Waals surface area contributed by atoms with Crippen molar-refractivity contribution in [3.63, 3.8) is 0 Å². The second-order valence-electron chi connectivity index (χ2n) is 3.18. The van der Waals surface area contributed by atoms with E-state index >= 15 is 0 Å². The molecule has 0 bridgehead atoms. The van der Waals surface area contributed by atoms with Crippen molar-refractivity contribution in [3.8, 4) is 6.07 Å². The molecule has 0 heterocycles. The maximum Gasteiger partial charge on any atom is 0.0656 e. The Labute approximate surface area is 87.5 Å². The van der Waals surface area contributed by atoms with E-state index in [1.54, 1.807) is 0 Å². The van der Waals surface area contributed by atoms with Crippen molar-refractivity contribution < 1.29 is 0 Å². The van der Waals surface area contributed by atoms with Crippen molar-refractivity contribution in [2.24, 2.45) is 5.92 Å². The van der Waals surface area contributed by atoms with Gasteiger partial charge in [-0.1, -0.05) is 40.2 Å². The third-order valence-electron chi connectivity index (χ3n) is 1.94. The minimum Gasteiger partial charge on any atom is -0.198 e. The zero-order chi connectivity index (χ0) is 9.68. The Morgan fingerprint density at radius 1 is 1.31 bits per heavy atom. The summed E-state index contributed by atoms with van der Waals surface area (Å²) in [6.07, 6.45) is 0.846. The second-order valence-corrected chi connectivity index (χ2v) is 3.75.